The van der Waals surface area contributed by atoms with Crippen LogP contribution in [0.15, 0.2) is 18.2 Å². The van der Waals surface area contributed by atoms with Crippen molar-refractivity contribution in [1.29, 1.82) is 5.26 Å². The molecule has 0 aromatic heterocycles. The van der Waals surface area contributed by atoms with E-state index in [4.69, 9.17) is 16.9 Å². The summed E-state index contributed by atoms with van der Waals surface area (Å²) in [6.45, 7) is 1.70. The van der Waals surface area contributed by atoms with Gasteiger partial charge in [-0.2, -0.15) is 5.26 Å². The van der Waals surface area contributed by atoms with Crippen molar-refractivity contribution in [3.8, 4) is 6.07 Å². The summed E-state index contributed by atoms with van der Waals surface area (Å²) in [6, 6.07) is 6.23. The van der Waals surface area contributed by atoms with Gasteiger partial charge in [0.25, 0.3) is 0 Å². The van der Waals surface area contributed by atoms with Gasteiger partial charge in [0.1, 0.15) is 0 Å². The molecule has 0 aliphatic heterocycles. The zero-order valence-corrected chi connectivity index (χ0v) is 9.75. The Morgan fingerprint density at radius 3 is 2.82 bits per heavy atom. The number of amides is 1. The van der Waals surface area contributed by atoms with E-state index in [1.807, 2.05) is 6.07 Å². The fourth-order valence-corrected chi connectivity index (χ4v) is 1.23. The van der Waals surface area contributed by atoms with Crippen LogP contribution in [0.25, 0.3) is 0 Å². The van der Waals surface area contributed by atoms with Crippen molar-refractivity contribution in [1.82, 2.24) is 0 Å². The second-order valence-electron chi connectivity index (χ2n) is 2.98. The largest absolute Gasteiger partial charge is 0.459 e. The van der Waals surface area contributed by atoms with E-state index >= 15 is 0 Å². The van der Waals surface area contributed by atoms with E-state index < -0.39 is 11.9 Å². The quantitative estimate of drug-likeness (QED) is 0.642. The minimum Gasteiger partial charge on any atom is -0.459 e. The molecule has 0 saturated carbocycles. The fourth-order valence-electron chi connectivity index (χ4n) is 1.06. The summed E-state index contributed by atoms with van der Waals surface area (Å²) in [7, 11) is 0. The van der Waals surface area contributed by atoms with Gasteiger partial charge in [0.05, 0.1) is 28.9 Å². The number of nitrogens with one attached hydrogen (secondary N) is 1. The van der Waals surface area contributed by atoms with Crippen molar-refractivity contribution >= 4 is 29.2 Å². The zero-order chi connectivity index (χ0) is 12.8. The maximum atomic E-state index is 11.3. The van der Waals surface area contributed by atoms with Crippen molar-refractivity contribution < 1.29 is 14.3 Å². The number of rotatable bonds is 2. The fraction of sp³-hybridized carbons (Fsp3) is 0.182. The van der Waals surface area contributed by atoms with Crippen molar-refractivity contribution in [3.05, 3.63) is 28.8 Å². The number of benzene rings is 1. The van der Waals surface area contributed by atoms with Crippen LogP contribution in [0.4, 0.5) is 5.69 Å². The Morgan fingerprint density at radius 1 is 1.53 bits per heavy atom. The molecule has 1 N–H and O–H groups in total. The average molecular weight is 253 g/mol. The molecule has 17 heavy (non-hydrogen) atoms. The number of anilines is 1. The highest BCUT2D eigenvalue weighted by atomic mass is 35.5. The summed E-state index contributed by atoms with van der Waals surface area (Å²) in [4.78, 5) is 22.4. The number of carbonyl (C=O) groups is 2. The lowest BCUT2D eigenvalue weighted by Gasteiger charge is -2.06. The number of ether oxygens (including phenoxy) is 1. The number of carbonyl (C=O) groups excluding carboxylic acids is 2. The lowest BCUT2D eigenvalue weighted by atomic mass is 10.2. The van der Waals surface area contributed by atoms with E-state index in [1.54, 1.807) is 6.92 Å². The van der Waals surface area contributed by atoms with Crippen LogP contribution in [0.5, 0.6) is 0 Å². The summed E-state index contributed by atoms with van der Waals surface area (Å²) in [5.74, 6) is -1.92. The number of esters is 1. The molecule has 1 rings (SSSR count). The molecule has 0 saturated heterocycles. The van der Waals surface area contributed by atoms with Gasteiger partial charge in [-0.05, 0) is 25.1 Å². The van der Waals surface area contributed by atoms with Crippen LogP contribution in [0.2, 0.25) is 5.02 Å². The van der Waals surface area contributed by atoms with Gasteiger partial charge < -0.3 is 10.1 Å². The van der Waals surface area contributed by atoms with Crippen LogP contribution in [-0.2, 0) is 14.3 Å². The summed E-state index contributed by atoms with van der Waals surface area (Å²) in [6.07, 6.45) is 0. The Kier molecular flexibility index (Phi) is 4.49. The van der Waals surface area contributed by atoms with Crippen molar-refractivity contribution in [2.75, 3.05) is 11.9 Å². The lowest BCUT2D eigenvalue weighted by Crippen LogP contribution is -2.25. The molecule has 0 heterocycles. The van der Waals surface area contributed by atoms with Crippen molar-refractivity contribution in [2.24, 2.45) is 0 Å². The minimum absolute atomic E-state index is 0.109. The Bertz CT molecular complexity index is 494. The maximum Gasteiger partial charge on any atom is 0.397 e. The molecule has 0 bridgehead atoms. The Balaban J connectivity index is 2.85. The number of nitrogens with zero attached hydrogens (tertiary/aromatic N) is 1. The van der Waals surface area contributed by atoms with Gasteiger partial charge in [-0.25, -0.2) is 4.79 Å². The van der Waals surface area contributed by atoms with Crippen LogP contribution >= 0.6 is 11.6 Å². The smallest absolute Gasteiger partial charge is 0.397 e. The van der Waals surface area contributed by atoms with Crippen LogP contribution in [0.1, 0.15) is 12.5 Å². The topological polar surface area (TPSA) is 79.2 Å². The third kappa shape index (κ3) is 3.47. The van der Waals surface area contributed by atoms with E-state index in [0.717, 1.165) is 0 Å². The van der Waals surface area contributed by atoms with Gasteiger partial charge in [-0.3, -0.25) is 4.79 Å². The lowest BCUT2D eigenvalue weighted by molar-refractivity contribution is -0.152. The summed E-state index contributed by atoms with van der Waals surface area (Å²) in [5, 5.41) is 11.2. The average Bonchev–Trinajstić information content (AvgIpc) is 2.32. The van der Waals surface area contributed by atoms with E-state index in [2.05, 4.69) is 10.1 Å². The second-order valence-corrected chi connectivity index (χ2v) is 3.39. The van der Waals surface area contributed by atoms with Gasteiger partial charge in [0.15, 0.2) is 0 Å². The highest BCUT2D eigenvalue weighted by Gasteiger charge is 2.16. The maximum absolute atomic E-state index is 11.3. The summed E-state index contributed by atoms with van der Waals surface area (Å²) < 4.78 is 4.51. The molecular weight excluding hydrogens is 244 g/mol. The van der Waals surface area contributed by atoms with Crippen LogP contribution < -0.4 is 5.32 Å². The molecule has 0 spiro atoms. The predicted octanol–water partition coefficient (Wildman–Crippen LogP) is 1.71. The van der Waals surface area contributed by atoms with Crippen molar-refractivity contribution in [2.45, 2.75) is 6.92 Å². The molecule has 0 unspecified atom stereocenters. The molecule has 0 radical (unpaired) electrons. The first-order chi connectivity index (χ1) is 8.08. The number of hydrogen-bond donors (Lipinski definition) is 1. The third-order valence-electron chi connectivity index (χ3n) is 1.80. The molecule has 0 aliphatic rings. The molecule has 88 valence electrons. The summed E-state index contributed by atoms with van der Waals surface area (Å²) in [5.41, 5.74) is 0.525. The minimum atomic E-state index is -0.995. The standard InChI is InChI=1S/C11H9ClN2O3/c1-2-17-11(16)10(15)14-9-5-7(6-13)3-4-8(9)12/h3-5H,2H2,1H3,(H,14,15). The molecule has 0 aliphatic carbocycles. The van der Waals surface area contributed by atoms with E-state index in [-0.39, 0.29) is 17.3 Å². The van der Waals surface area contributed by atoms with Gasteiger partial charge in [-0.1, -0.05) is 11.6 Å². The Hall–Kier alpha value is -2.06. The SMILES string of the molecule is CCOC(=O)C(=O)Nc1cc(C#N)ccc1Cl. The molecule has 1 aromatic rings. The first-order valence-corrected chi connectivity index (χ1v) is 5.14. The molecule has 1 amide bonds. The van der Waals surface area contributed by atoms with Crippen LogP contribution in [-0.4, -0.2) is 18.5 Å². The highest BCUT2D eigenvalue weighted by molar-refractivity contribution is 6.39. The normalized spacial score (nSPS) is 9.24. The Morgan fingerprint density at radius 2 is 2.24 bits per heavy atom. The van der Waals surface area contributed by atoms with E-state index in [1.165, 1.54) is 18.2 Å². The first-order valence-electron chi connectivity index (χ1n) is 4.76. The molecular formula is C11H9ClN2O3. The van der Waals surface area contributed by atoms with Gasteiger partial charge in [0.2, 0.25) is 0 Å². The number of halogens is 1. The van der Waals surface area contributed by atoms with Crippen LogP contribution in [0.3, 0.4) is 0 Å². The monoisotopic (exact) mass is 252 g/mol. The van der Waals surface area contributed by atoms with Crippen molar-refractivity contribution in [3.63, 3.8) is 0 Å². The molecule has 5 nitrogen and oxygen atoms in total. The molecule has 0 atom stereocenters. The van der Waals surface area contributed by atoms with E-state index in [0.29, 0.717) is 5.56 Å². The van der Waals surface area contributed by atoms with Crippen LogP contribution in [0, 0.1) is 11.3 Å². The predicted molar refractivity (Wildman–Crippen MR) is 61.4 cm³/mol. The van der Waals surface area contributed by atoms with Gasteiger partial charge >= 0.3 is 11.9 Å². The molecule has 1 aromatic carbocycles. The molecule has 6 heteroatoms. The first kappa shape index (κ1) is 13.0. The molecule has 0 fully saturated rings. The van der Waals surface area contributed by atoms with E-state index in [9.17, 15) is 9.59 Å². The highest BCUT2D eigenvalue weighted by Crippen LogP contribution is 2.22. The van der Waals surface area contributed by atoms with Gasteiger partial charge in [-0.15, -0.1) is 0 Å². The third-order valence-corrected chi connectivity index (χ3v) is 2.13. The van der Waals surface area contributed by atoms with Gasteiger partial charge in [0, 0.05) is 0 Å². The number of nitriles is 1. The zero-order valence-electron chi connectivity index (χ0n) is 8.99. The summed E-state index contributed by atoms with van der Waals surface area (Å²) >= 11 is 5.80. The number of hydrogen-bond acceptors (Lipinski definition) is 4. The Labute approximate surface area is 103 Å². The second kappa shape index (κ2) is 5.87.